The second kappa shape index (κ2) is 7.60. The molecule has 0 aliphatic carbocycles. The van der Waals surface area contributed by atoms with E-state index in [9.17, 15) is 12.6 Å². The zero-order valence-electron chi connectivity index (χ0n) is 15.0. The van der Waals surface area contributed by atoms with Gasteiger partial charge in [-0.3, -0.25) is 0 Å². The lowest BCUT2D eigenvalue weighted by molar-refractivity contribution is 0.467. The third-order valence-corrected chi connectivity index (χ3v) is 8.23. The molecule has 2 rings (SSSR count). The minimum Gasteiger partial charge on any atom is -0.242 e. The smallest absolute Gasteiger partial charge is 0.242 e. The quantitative estimate of drug-likeness (QED) is 0.752. The molecule has 0 radical (unpaired) electrons. The number of halogens is 1. The predicted octanol–water partition coefficient (Wildman–Crippen LogP) is 2.94. The summed E-state index contributed by atoms with van der Waals surface area (Å²) in [5.74, 6) is -0.147. The third kappa shape index (κ3) is 4.80. The van der Waals surface area contributed by atoms with Crippen molar-refractivity contribution in [3.05, 3.63) is 40.9 Å². The molecule has 1 aliphatic rings. The summed E-state index contributed by atoms with van der Waals surface area (Å²) < 4.78 is 43.1. The van der Waals surface area contributed by atoms with E-state index in [-0.39, 0.29) is 23.4 Å². The summed E-state index contributed by atoms with van der Waals surface area (Å²) in [4.78, 5) is 0.273. The molecule has 140 valence electrons. The molecule has 0 unspecified atom stereocenters. The minimum atomic E-state index is -3.59. The van der Waals surface area contributed by atoms with E-state index in [2.05, 4.69) is 27.2 Å². The number of sulfonamides is 1. The highest BCUT2D eigenvalue weighted by molar-refractivity contribution is 9.11. The Morgan fingerprint density at radius 3 is 2.32 bits per heavy atom. The monoisotopic (exact) mass is 448 g/mol. The molecule has 0 aromatic heterocycles. The summed E-state index contributed by atoms with van der Waals surface area (Å²) >= 11 is 3.39. The second-order valence-corrected chi connectivity index (χ2v) is 12.2. The predicted molar refractivity (Wildman–Crippen MR) is 106 cm³/mol. The fourth-order valence-electron chi connectivity index (χ4n) is 2.57. The Balaban J connectivity index is 2.25. The zero-order valence-corrected chi connectivity index (χ0v) is 18.2. The third-order valence-electron chi connectivity index (χ3n) is 4.16. The van der Waals surface area contributed by atoms with Gasteiger partial charge in [0, 0.05) is 25.0 Å². The molecule has 1 N–H and O–H groups in total. The van der Waals surface area contributed by atoms with E-state index in [0.717, 1.165) is 5.56 Å². The van der Waals surface area contributed by atoms with E-state index in [1.807, 2.05) is 27.7 Å². The van der Waals surface area contributed by atoms with Crippen LogP contribution >= 0.6 is 15.9 Å². The highest BCUT2D eigenvalue weighted by Gasteiger charge is 2.41. The first kappa shape index (κ1) is 20.8. The van der Waals surface area contributed by atoms with Gasteiger partial charge in [-0.2, -0.15) is 4.31 Å². The van der Waals surface area contributed by atoms with Crippen LogP contribution in [0.2, 0.25) is 0 Å². The SMILES string of the molecule is C=C(Br)[C@@H]1CN(S(=O)(=O)c2ccc(C)cc2)C[C@H]1N[S@@](=O)C(C)(C)C. The average Bonchev–Trinajstić information content (AvgIpc) is 2.91. The Bertz CT molecular complexity index is 770. The van der Waals surface area contributed by atoms with Crippen molar-refractivity contribution in [3.8, 4) is 0 Å². The van der Waals surface area contributed by atoms with Gasteiger partial charge in [-0.1, -0.05) is 40.2 Å². The van der Waals surface area contributed by atoms with Crippen molar-refractivity contribution in [2.75, 3.05) is 13.1 Å². The van der Waals surface area contributed by atoms with Crippen LogP contribution in [0.15, 0.2) is 40.2 Å². The van der Waals surface area contributed by atoms with Crippen LogP contribution in [0.4, 0.5) is 0 Å². The van der Waals surface area contributed by atoms with Crippen molar-refractivity contribution < 1.29 is 12.6 Å². The topological polar surface area (TPSA) is 66.5 Å². The summed E-state index contributed by atoms with van der Waals surface area (Å²) in [7, 11) is -4.88. The zero-order chi connectivity index (χ0) is 19.0. The Labute approximate surface area is 161 Å². The van der Waals surface area contributed by atoms with Crippen LogP contribution in [0, 0.1) is 12.8 Å². The number of nitrogens with one attached hydrogen (secondary N) is 1. The molecule has 8 heteroatoms. The highest BCUT2D eigenvalue weighted by Crippen LogP contribution is 2.31. The summed E-state index contributed by atoms with van der Waals surface area (Å²) in [6.07, 6.45) is 0. The van der Waals surface area contributed by atoms with Crippen LogP contribution in [0.5, 0.6) is 0 Å². The Hall–Kier alpha value is -0.540. The highest BCUT2D eigenvalue weighted by atomic mass is 79.9. The minimum absolute atomic E-state index is 0.147. The number of benzene rings is 1. The van der Waals surface area contributed by atoms with Crippen LogP contribution in [-0.2, 0) is 21.0 Å². The van der Waals surface area contributed by atoms with Crippen LogP contribution in [0.1, 0.15) is 26.3 Å². The standard InChI is InChI=1S/C17H25BrN2O3S2/c1-12-6-8-14(9-7-12)25(22,23)20-10-15(13(2)18)16(11-20)19-24(21)17(3,4)5/h6-9,15-16,19H,2,10-11H2,1,3-5H3/t15-,16+,24-/m0/s1. The molecular weight excluding hydrogens is 424 g/mol. The van der Waals surface area contributed by atoms with Gasteiger partial charge in [-0.15, -0.1) is 0 Å². The lowest BCUT2D eigenvalue weighted by Crippen LogP contribution is -2.44. The first-order chi connectivity index (χ1) is 11.4. The largest absolute Gasteiger partial charge is 0.243 e. The second-order valence-electron chi connectivity index (χ2n) is 7.29. The first-order valence-corrected chi connectivity index (χ1v) is 11.4. The molecule has 25 heavy (non-hydrogen) atoms. The number of aryl methyl sites for hydroxylation is 1. The van der Waals surface area contributed by atoms with Gasteiger partial charge in [-0.25, -0.2) is 17.3 Å². The van der Waals surface area contributed by atoms with E-state index >= 15 is 0 Å². The molecule has 1 aromatic carbocycles. The van der Waals surface area contributed by atoms with Crippen LogP contribution < -0.4 is 4.72 Å². The normalized spacial score (nSPS) is 23.6. The molecule has 0 spiro atoms. The van der Waals surface area contributed by atoms with Crippen LogP contribution in [0.3, 0.4) is 0 Å². The molecule has 1 saturated heterocycles. The fourth-order valence-corrected chi connectivity index (χ4v) is 5.40. The van der Waals surface area contributed by atoms with Crippen molar-refractivity contribution in [2.45, 2.75) is 43.4 Å². The number of rotatable bonds is 5. The maximum absolute atomic E-state index is 12.9. The lowest BCUT2D eigenvalue weighted by Gasteiger charge is -2.24. The molecule has 5 nitrogen and oxygen atoms in total. The molecule has 0 amide bonds. The van der Waals surface area contributed by atoms with E-state index in [1.165, 1.54) is 4.31 Å². The summed E-state index contributed by atoms with van der Waals surface area (Å²) in [6, 6.07) is 6.56. The molecule has 1 aliphatic heterocycles. The molecular formula is C17H25BrN2O3S2. The maximum Gasteiger partial charge on any atom is 0.243 e. The molecule has 1 aromatic rings. The van der Waals surface area contributed by atoms with Gasteiger partial charge in [0.05, 0.1) is 20.6 Å². The van der Waals surface area contributed by atoms with Crippen molar-refractivity contribution in [2.24, 2.45) is 5.92 Å². The molecule has 0 saturated carbocycles. The summed E-state index contributed by atoms with van der Waals surface area (Å²) in [5.41, 5.74) is 1.01. The van der Waals surface area contributed by atoms with Gasteiger partial charge in [0.15, 0.2) is 0 Å². The fraction of sp³-hybridized carbons (Fsp3) is 0.529. The Morgan fingerprint density at radius 1 is 1.28 bits per heavy atom. The first-order valence-electron chi connectivity index (χ1n) is 8.02. The van der Waals surface area contributed by atoms with Gasteiger partial charge in [0.25, 0.3) is 0 Å². The van der Waals surface area contributed by atoms with Gasteiger partial charge < -0.3 is 0 Å². The van der Waals surface area contributed by atoms with Gasteiger partial charge >= 0.3 is 0 Å². The summed E-state index contributed by atoms with van der Waals surface area (Å²) in [5, 5.41) is 0. The number of hydrogen-bond donors (Lipinski definition) is 1. The summed E-state index contributed by atoms with van der Waals surface area (Å²) in [6.45, 7) is 12.0. The van der Waals surface area contributed by atoms with E-state index in [1.54, 1.807) is 24.3 Å². The molecule has 1 heterocycles. The number of nitrogens with zero attached hydrogens (tertiary/aromatic N) is 1. The van der Waals surface area contributed by atoms with Crippen LogP contribution in [-0.4, -0.2) is 40.8 Å². The van der Waals surface area contributed by atoms with E-state index in [4.69, 9.17) is 0 Å². The van der Waals surface area contributed by atoms with Gasteiger partial charge in [0.2, 0.25) is 10.0 Å². The van der Waals surface area contributed by atoms with E-state index in [0.29, 0.717) is 11.0 Å². The lowest BCUT2D eigenvalue weighted by atomic mass is 10.1. The molecule has 1 fully saturated rings. The van der Waals surface area contributed by atoms with E-state index < -0.39 is 25.8 Å². The number of hydrogen-bond acceptors (Lipinski definition) is 3. The average molecular weight is 449 g/mol. The molecule has 3 atom stereocenters. The Kier molecular flexibility index (Phi) is 6.31. The van der Waals surface area contributed by atoms with Crippen molar-refractivity contribution in [1.82, 2.24) is 9.03 Å². The van der Waals surface area contributed by atoms with Crippen molar-refractivity contribution in [1.29, 1.82) is 0 Å². The maximum atomic E-state index is 12.9. The van der Waals surface area contributed by atoms with Gasteiger partial charge in [0.1, 0.15) is 0 Å². The molecule has 0 bridgehead atoms. The Morgan fingerprint density at radius 2 is 1.84 bits per heavy atom. The van der Waals surface area contributed by atoms with Crippen molar-refractivity contribution >= 4 is 36.9 Å². The van der Waals surface area contributed by atoms with Gasteiger partial charge in [-0.05, 0) is 44.3 Å². The van der Waals surface area contributed by atoms with Crippen LogP contribution in [0.25, 0.3) is 0 Å². The van der Waals surface area contributed by atoms with Crippen molar-refractivity contribution in [3.63, 3.8) is 0 Å².